The summed E-state index contributed by atoms with van der Waals surface area (Å²) in [6.45, 7) is 29.3. The standard InChI is InChI=1S/C72H129N9O15.3CH4/c1-13-16-19-28-37-70(7,8)61(82)91-52-58(49-76-46-55(76)4)94-64(85)73-40-31-22-25-34-43-79-67(88)80(44-35-26-23-32-41-74-65(86)95-59(50-77-47-56(77)5)53-92-62(83)71(9,10)38-29-20-17-14-2)69(90)81(68(79)89)45-36-27-24-33-42-75-66(87)96-60(51-78-48-57(78)6)54-93-63(84)72(11,12)39-30-21-18-15-3;;;/h55-60H,13-54H2,1-12H3,(H,73,85)(H,74,86)(H,75,87);3*1H4. The second kappa shape index (κ2) is 48.4. The molecule has 0 bridgehead atoms. The number of hydrogen-bond acceptors (Lipinski definition) is 18. The van der Waals surface area contributed by atoms with Gasteiger partial charge >= 0.3 is 53.3 Å². The number of hydrogen-bond donors (Lipinski definition) is 3. The molecule has 3 saturated heterocycles. The first-order chi connectivity index (χ1) is 45.7. The summed E-state index contributed by atoms with van der Waals surface area (Å²) in [5, 5.41) is 8.48. The average Bonchev–Trinajstić information content (AvgIpc) is 0.990. The molecule has 3 N–H and O–H groups in total. The molecule has 3 aliphatic heterocycles. The molecular weight excluding hydrogens is 1270 g/mol. The first-order valence-corrected chi connectivity index (χ1v) is 37.2. The number of amides is 3. The van der Waals surface area contributed by atoms with Gasteiger partial charge in [-0.05, 0) is 120 Å². The summed E-state index contributed by atoms with van der Waals surface area (Å²) >= 11 is 0. The van der Waals surface area contributed by atoms with Gasteiger partial charge in [-0.25, -0.2) is 42.5 Å². The molecule has 3 aliphatic rings. The monoisotopic (exact) mass is 1410 g/mol. The highest BCUT2D eigenvalue weighted by Gasteiger charge is 2.38. The number of unbranched alkanes of at least 4 members (excludes halogenated alkanes) is 18. The summed E-state index contributed by atoms with van der Waals surface area (Å²) in [4.78, 5) is 127. The molecule has 1 aromatic heterocycles. The van der Waals surface area contributed by atoms with Crippen molar-refractivity contribution in [3.05, 3.63) is 31.5 Å². The van der Waals surface area contributed by atoms with Gasteiger partial charge in [0.05, 0.1) is 16.2 Å². The zero-order valence-electron chi connectivity index (χ0n) is 61.5. The average molecular weight is 1410 g/mol. The lowest BCUT2D eigenvalue weighted by Gasteiger charge is -2.25. The molecule has 0 saturated carbocycles. The Morgan fingerprint density at radius 3 is 0.818 bits per heavy atom. The summed E-state index contributed by atoms with van der Waals surface area (Å²) in [5.74, 6) is -0.905. The minimum Gasteiger partial charge on any atom is -0.461 e. The van der Waals surface area contributed by atoms with Crippen LogP contribution in [0.15, 0.2) is 14.4 Å². The van der Waals surface area contributed by atoms with Gasteiger partial charge in [0.25, 0.3) is 0 Å². The van der Waals surface area contributed by atoms with Gasteiger partial charge in [-0.2, -0.15) is 0 Å². The van der Waals surface area contributed by atoms with Crippen molar-refractivity contribution in [3.63, 3.8) is 0 Å². The van der Waals surface area contributed by atoms with E-state index in [9.17, 15) is 43.2 Å². The Hall–Kier alpha value is -5.49. The summed E-state index contributed by atoms with van der Waals surface area (Å²) < 4.78 is 37.9. The van der Waals surface area contributed by atoms with E-state index in [0.29, 0.717) is 134 Å². The molecule has 9 atom stereocenters. The molecule has 0 spiro atoms. The van der Waals surface area contributed by atoms with E-state index in [4.69, 9.17) is 28.4 Å². The Morgan fingerprint density at radius 1 is 0.374 bits per heavy atom. The van der Waals surface area contributed by atoms with E-state index in [2.05, 4.69) is 72.2 Å². The lowest BCUT2D eigenvalue weighted by atomic mass is 9.87. The highest BCUT2D eigenvalue weighted by atomic mass is 16.6. The second-order valence-electron chi connectivity index (χ2n) is 29.7. The van der Waals surface area contributed by atoms with Crippen LogP contribution in [0, 0.1) is 16.2 Å². The molecule has 4 heterocycles. The van der Waals surface area contributed by atoms with Crippen LogP contribution in [0.4, 0.5) is 14.4 Å². The number of carbonyl (C=O) groups excluding carboxylic acids is 6. The zero-order valence-corrected chi connectivity index (χ0v) is 61.5. The minimum atomic E-state index is -0.667. The number of carbonyl (C=O) groups is 6. The van der Waals surface area contributed by atoms with Gasteiger partial charge in [-0.3, -0.25) is 29.1 Å². The van der Waals surface area contributed by atoms with Gasteiger partial charge in [0, 0.05) is 96.7 Å². The van der Waals surface area contributed by atoms with Gasteiger partial charge in [0.2, 0.25) is 0 Å². The lowest BCUT2D eigenvalue weighted by molar-refractivity contribution is -0.158. The summed E-state index contributed by atoms with van der Waals surface area (Å²) in [7, 11) is 0. The molecule has 0 radical (unpaired) electrons. The molecule has 0 aromatic carbocycles. The van der Waals surface area contributed by atoms with Crippen LogP contribution in [0.5, 0.6) is 0 Å². The molecule has 9 unspecified atom stereocenters. The van der Waals surface area contributed by atoms with Crippen LogP contribution in [-0.4, -0.2) is 180 Å². The van der Waals surface area contributed by atoms with Crippen molar-refractivity contribution in [3.8, 4) is 0 Å². The number of esters is 3. The fraction of sp³-hybridized carbons (Fsp3) is 0.880. The van der Waals surface area contributed by atoms with Crippen LogP contribution >= 0.6 is 0 Å². The fourth-order valence-corrected chi connectivity index (χ4v) is 11.8. The molecule has 3 amide bonds. The first kappa shape index (κ1) is 91.5. The van der Waals surface area contributed by atoms with Crippen molar-refractivity contribution in [1.82, 2.24) is 44.4 Å². The molecular formula is C75H141N9O15. The van der Waals surface area contributed by atoms with Gasteiger partial charge in [-0.15, -0.1) is 0 Å². The van der Waals surface area contributed by atoms with E-state index in [-0.39, 0.29) is 79.6 Å². The lowest BCUT2D eigenvalue weighted by Crippen LogP contribution is -2.54. The quantitative estimate of drug-likeness (QED) is 0.0237. The number of nitrogens with zero attached hydrogens (tertiary/aromatic N) is 6. The van der Waals surface area contributed by atoms with Crippen molar-refractivity contribution in [2.45, 2.75) is 335 Å². The van der Waals surface area contributed by atoms with E-state index in [1.807, 2.05) is 41.5 Å². The summed E-state index contributed by atoms with van der Waals surface area (Å²) in [6, 6.07) is 1.10. The molecule has 99 heavy (non-hydrogen) atoms. The topological polar surface area (TPSA) is 269 Å². The van der Waals surface area contributed by atoms with Gasteiger partial charge < -0.3 is 44.4 Å². The number of ether oxygens (including phenoxy) is 6. The van der Waals surface area contributed by atoms with Gasteiger partial charge in [0.15, 0.2) is 18.3 Å². The van der Waals surface area contributed by atoms with Crippen LogP contribution in [0.2, 0.25) is 0 Å². The van der Waals surface area contributed by atoms with Crippen LogP contribution in [0.3, 0.4) is 0 Å². The maximum Gasteiger partial charge on any atom is 0.407 e. The van der Waals surface area contributed by atoms with E-state index < -0.39 is 69.9 Å². The smallest absolute Gasteiger partial charge is 0.407 e. The van der Waals surface area contributed by atoms with Crippen LogP contribution < -0.4 is 33.0 Å². The summed E-state index contributed by atoms with van der Waals surface area (Å²) in [5.41, 5.74) is -3.92. The normalized spacial score (nSPS) is 18.5. The molecule has 24 nitrogen and oxygen atoms in total. The second-order valence-corrected chi connectivity index (χ2v) is 29.7. The predicted octanol–water partition coefficient (Wildman–Crippen LogP) is 12.8. The molecule has 3 fully saturated rings. The third-order valence-electron chi connectivity index (χ3n) is 19.0. The van der Waals surface area contributed by atoms with E-state index in [1.165, 1.54) is 0 Å². The number of aromatic nitrogens is 3. The molecule has 24 heteroatoms. The molecule has 1 aromatic rings. The first-order valence-electron chi connectivity index (χ1n) is 37.2. The van der Waals surface area contributed by atoms with Crippen molar-refractivity contribution < 1.29 is 57.2 Å². The Morgan fingerprint density at radius 2 is 0.596 bits per heavy atom. The maximum atomic E-state index is 14.1. The third kappa shape index (κ3) is 36.3. The Labute approximate surface area is 596 Å². The van der Waals surface area contributed by atoms with Crippen molar-refractivity contribution in [2.24, 2.45) is 16.2 Å². The SMILES string of the molecule is C.C.C.CCCCCCC(C)(C)C(=O)OCC(CN1CC1C)OC(=O)NCCCCCCn1c(=O)n(CCCCCCNC(=O)OC(COC(=O)C(C)(C)CCCCCC)CN2CC2C)c(=O)n(CCCCCCNC(=O)OC(COC(=O)C(C)(C)CCCCCC)CN2CC2C)c1=O. The van der Waals surface area contributed by atoms with Crippen LogP contribution in [0.25, 0.3) is 0 Å². The van der Waals surface area contributed by atoms with E-state index >= 15 is 0 Å². The highest BCUT2D eigenvalue weighted by molar-refractivity contribution is 5.77. The Balaban J connectivity index is 0.0000163. The zero-order chi connectivity index (χ0) is 70.7. The van der Waals surface area contributed by atoms with Gasteiger partial charge in [-0.1, -0.05) is 159 Å². The van der Waals surface area contributed by atoms with Crippen molar-refractivity contribution in [2.75, 3.05) is 78.7 Å². The number of alkyl carbamates (subject to hydrolysis) is 3. The summed E-state index contributed by atoms with van der Waals surface area (Å²) in [6.07, 6.45) is 18.4. The van der Waals surface area contributed by atoms with Crippen molar-refractivity contribution in [1.29, 1.82) is 0 Å². The molecule has 576 valence electrons. The Kier molecular flexibility index (Phi) is 44.7. The Bertz CT molecular complexity index is 2370. The van der Waals surface area contributed by atoms with Crippen LogP contribution in [0.1, 0.15) is 279 Å². The minimum absolute atomic E-state index is 0. The fourth-order valence-electron chi connectivity index (χ4n) is 11.8. The van der Waals surface area contributed by atoms with E-state index in [0.717, 1.165) is 130 Å². The van der Waals surface area contributed by atoms with Crippen molar-refractivity contribution >= 4 is 36.2 Å². The predicted molar refractivity (Wildman–Crippen MR) is 393 cm³/mol. The molecule has 4 rings (SSSR count). The largest absolute Gasteiger partial charge is 0.461 e. The van der Waals surface area contributed by atoms with Gasteiger partial charge in [0.1, 0.15) is 19.8 Å². The van der Waals surface area contributed by atoms with E-state index in [1.54, 1.807) is 0 Å². The molecule has 0 aliphatic carbocycles. The third-order valence-corrected chi connectivity index (χ3v) is 19.0. The van der Waals surface area contributed by atoms with Crippen LogP contribution in [-0.2, 0) is 62.4 Å². The highest BCUT2D eigenvalue weighted by Crippen LogP contribution is 2.29. The number of nitrogens with one attached hydrogen (secondary N) is 3. The maximum absolute atomic E-state index is 14.1. The number of rotatable bonds is 54.